The van der Waals surface area contributed by atoms with E-state index in [2.05, 4.69) is 5.32 Å². The number of rotatable bonds is 9. The molecule has 3 rings (SSSR count). The quantitative estimate of drug-likeness (QED) is 0.402. The van der Waals surface area contributed by atoms with Gasteiger partial charge in [-0.2, -0.15) is 0 Å². The number of benzene rings is 1. The van der Waals surface area contributed by atoms with E-state index in [1.165, 1.54) is 21.9 Å². The van der Waals surface area contributed by atoms with Crippen molar-refractivity contribution >= 4 is 23.7 Å². The van der Waals surface area contributed by atoms with E-state index < -0.39 is 36.0 Å². The molecular weight excluding hydrogens is 452 g/mol. The van der Waals surface area contributed by atoms with E-state index in [9.17, 15) is 29.4 Å². The summed E-state index contributed by atoms with van der Waals surface area (Å²) in [5.74, 6) is -1.97. The average molecular weight is 489 g/mol. The fraction of sp³-hybridized carbons (Fsp3) is 0.600. The third-order valence-electron chi connectivity index (χ3n) is 6.69. The van der Waals surface area contributed by atoms with Crippen LogP contribution < -0.4 is 11.1 Å². The molecule has 192 valence electrons. The molecule has 0 radical (unpaired) electrons. The highest BCUT2D eigenvalue weighted by molar-refractivity contribution is 5.94. The average Bonchev–Trinajstić information content (AvgIpc) is 3.49. The third kappa shape index (κ3) is 6.50. The number of phenols is 1. The van der Waals surface area contributed by atoms with E-state index in [-0.39, 0.29) is 29.9 Å². The van der Waals surface area contributed by atoms with Crippen LogP contribution >= 0.6 is 0 Å². The van der Waals surface area contributed by atoms with Gasteiger partial charge in [-0.1, -0.05) is 26.0 Å². The molecule has 35 heavy (non-hydrogen) atoms. The molecule has 2 aliphatic rings. The predicted octanol–water partition coefficient (Wildman–Crippen LogP) is 0.860. The number of nitrogens with zero attached hydrogens (tertiary/aromatic N) is 2. The molecular formula is C25H36N4O6. The van der Waals surface area contributed by atoms with Crippen LogP contribution in [0, 0.1) is 5.92 Å². The summed E-state index contributed by atoms with van der Waals surface area (Å²) in [4.78, 5) is 54.1. The van der Waals surface area contributed by atoms with Crippen LogP contribution in [0.2, 0.25) is 0 Å². The van der Waals surface area contributed by atoms with Crippen molar-refractivity contribution in [3.8, 4) is 5.75 Å². The maximum Gasteiger partial charge on any atom is 0.326 e. The number of carboxylic acid groups (broad SMARTS) is 1. The van der Waals surface area contributed by atoms with Crippen LogP contribution in [0.3, 0.4) is 0 Å². The highest BCUT2D eigenvalue weighted by atomic mass is 16.4. The van der Waals surface area contributed by atoms with Crippen LogP contribution in [0.15, 0.2) is 24.3 Å². The molecule has 1 aromatic rings. The Balaban J connectivity index is 1.66. The van der Waals surface area contributed by atoms with Crippen molar-refractivity contribution in [2.45, 2.75) is 76.5 Å². The molecule has 1 aromatic carbocycles. The second-order valence-corrected chi connectivity index (χ2v) is 9.89. The summed E-state index contributed by atoms with van der Waals surface area (Å²) in [6, 6.07) is 3.18. The van der Waals surface area contributed by atoms with E-state index >= 15 is 0 Å². The van der Waals surface area contributed by atoms with Crippen molar-refractivity contribution in [1.82, 2.24) is 15.1 Å². The van der Waals surface area contributed by atoms with Crippen molar-refractivity contribution in [3.63, 3.8) is 0 Å². The molecule has 2 heterocycles. The van der Waals surface area contributed by atoms with Gasteiger partial charge in [-0.25, -0.2) is 4.79 Å². The Labute approximate surface area is 205 Å². The van der Waals surface area contributed by atoms with Gasteiger partial charge in [-0.15, -0.1) is 0 Å². The molecule has 0 aromatic heterocycles. The SMILES string of the molecule is CC(C)CC(NC(=O)C1CCCN1C(=O)C1CCCN1C(=O)C(N)Cc1ccc(O)cc1)C(=O)O. The van der Waals surface area contributed by atoms with Gasteiger partial charge in [0.25, 0.3) is 0 Å². The fourth-order valence-electron chi connectivity index (χ4n) is 4.93. The molecule has 2 fully saturated rings. The Hall–Kier alpha value is -3.14. The molecule has 4 atom stereocenters. The normalized spacial score (nSPS) is 21.7. The van der Waals surface area contributed by atoms with E-state index in [0.717, 1.165) is 5.56 Å². The van der Waals surface area contributed by atoms with Crippen molar-refractivity contribution in [3.05, 3.63) is 29.8 Å². The van der Waals surface area contributed by atoms with Gasteiger partial charge in [-0.05, 0) is 62.1 Å². The Morgan fingerprint density at radius 3 is 2.23 bits per heavy atom. The topological polar surface area (TPSA) is 153 Å². The number of carboxylic acids is 1. The van der Waals surface area contributed by atoms with E-state index in [1.54, 1.807) is 12.1 Å². The third-order valence-corrected chi connectivity index (χ3v) is 6.69. The standard InChI is InChI=1S/C25H36N4O6/c1-15(2)13-19(25(34)35)27-22(31)20-5-3-11-28(20)24(33)21-6-4-12-29(21)23(32)18(26)14-16-7-9-17(30)10-8-16/h7-10,15,18-21,30H,3-6,11-14,26H2,1-2H3,(H,27,31)(H,34,35). The van der Waals surface area contributed by atoms with Crippen LogP contribution in [-0.2, 0) is 25.6 Å². The first-order chi connectivity index (χ1) is 16.6. The molecule has 0 spiro atoms. The second kappa shape index (κ2) is 11.5. The minimum Gasteiger partial charge on any atom is -0.508 e. The Bertz CT molecular complexity index is 934. The highest BCUT2D eigenvalue weighted by Gasteiger charge is 2.43. The molecule has 4 unspecified atom stereocenters. The number of aliphatic carboxylic acids is 1. The summed E-state index contributed by atoms with van der Waals surface area (Å²) in [5, 5.41) is 21.5. The van der Waals surface area contributed by atoms with E-state index in [4.69, 9.17) is 5.73 Å². The van der Waals surface area contributed by atoms with Gasteiger partial charge in [0.2, 0.25) is 17.7 Å². The summed E-state index contributed by atoms with van der Waals surface area (Å²) >= 11 is 0. The zero-order valence-electron chi connectivity index (χ0n) is 20.4. The first kappa shape index (κ1) is 26.5. The lowest BCUT2D eigenvalue weighted by Gasteiger charge is -2.32. The number of likely N-dealkylation sites (tertiary alicyclic amines) is 2. The summed E-state index contributed by atoms with van der Waals surface area (Å²) in [5.41, 5.74) is 6.99. The van der Waals surface area contributed by atoms with Crippen LogP contribution in [0.4, 0.5) is 0 Å². The monoisotopic (exact) mass is 488 g/mol. The van der Waals surface area contributed by atoms with Crippen LogP contribution in [0.1, 0.15) is 51.5 Å². The molecule has 2 saturated heterocycles. The molecule has 0 saturated carbocycles. The van der Waals surface area contributed by atoms with Gasteiger partial charge in [0.15, 0.2) is 0 Å². The number of phenolic OH excluding ortho intramolecular Hbond substituents is 1. The number of hydrogen-bond acceptors (Lipinski definition) is 6. The number of nitrogens with one attached hydrogen (secondary N) is 1. The summed E-state index contributed by atoms with van der Waals surface area (Å²) in [7, 11) is 0. The van der Waals surface area contributed by atoms with Crippen molar-refractivity contribution < 1.29 is 29.4 Å². The van der Waals surface area contributed by atoms with Crippen LogP contribution in [-0.4, -0.2) is 81.0 Å². The minimum atomic E-state index is -1.10. The lowest BCUT2D eigenvalue weighted by Crippen LogP contribution is -2.56. The summed E-state index contributed by atoms with van der Waals surface area (Å²) in [6.07, 6.45) is 2.81. The molecule has 10 heteroatoms. The van der Waals surface area contributed by atoms with Crippen molar-refractivity contribution in [2.75, 3.05) is 13.1 Å². The lowest BCUT2D eigenvalue weighted by molar-refractivity contribution is -0.148. The van der Waals surface area contributed by atoms with Gasteiger partial charge in [0, 0.05) is 13.1 Å². The van der Waals surface area contributed by atoms with Crippen LogP contribution in [0.5, 0.6) is 5.75 Å². The molecule has 2 aliphatic heterocycles. The molecule has 10 nitrogen and oxygen atoms in total. The zero-order valence-corrected chi connectivity index (χ0v) is 20.4. The largest absolute Gasteiger partial charge is 0.508 e. The van der Waals surface area contributed by atoms with Gasteiger partial charge in [0.1, 0.15) is 23.9 Å². The number of hydrogen-bond donors (Lipinski definition) is 4. The van der Waals surface area contributed by atoms with Crippen molar-refractivity contribution in [2.24, 2.45) is 11.7 Å². The van der Waals surface area contributed by atoms with Gasteiger partial charge < -0.3 is 31.1 Å². The van der Waals surface area contributed by atoms with Crippen molar-refractivity contribution in [1.29, 1.82) is 0 Å². The number of aromatic hydroxyl groups is 1. The molecule has 0 bridgehead atoms. The fourth-order valence-corrected chi connectivity index (χ4v) is 4.93. The Kier molecular flexibility index (Phi) is 8.71. The minimum absolute atomic E-state index is 0.0848. The molecule has 0 aliphatic carbocycles. The zero-order chi connectivity index (χ0) is 25.7. The molecule has 5 N–H and O–H groups in total. The number of carbonyl (C=O) groups is 4. The summed E-state index contributed by atoms with van der Waals surface area (Å²) in [6.45, 7) is 4.56. The van der Waals surface area contributed by atoms with Crippen LogP contribution in [0.25, 0.3) is 0 Å². The van der Waals surface area contributed by atoms with Gasteiger partial charge in [0.05, 0.1) is 6.04 Å². The van der Waals surface area contributed by atoms with Gasteiger partial charge >= 0.3 is 5.97 Å². The second-order valence-electron chi connectivity index (χ2n) is 9.89. The first-order valence-corrected chi connectivity index (χ1v) is 12.3. The maximum absolute atomic E-state index is 13.5. The predicted molar refractivity (Wildman–Crippen MR) is 128 cm³/mol. The molecule has 3 amide bonds. The van der Waals surface area contributed by atoms with Gasteiger partial charge in [-0.3, -0.25) is 14.4 Å². The van der Waals surface area contributed by atoms with E-state index in [1.807, 2.05) is 13.8 Å². The maximum atomic E-state index is 13.5. The Morgan fingerprint density at radius 1 is 1.03 bits per heavy atom. The number of amides is 3. The smallest absolute Gasteiger partial charge is 0.326 e. The highest BCUT2D eigenvalue weighted by Crippen LogP contribution is 2.26. The number of carbonyl (C=O) groups excluding carboxylic acids is 3. The van der Waals surface area contributed by atoms with E-state index in [0.29, 0.717) is 45.2 Å². The lowest BCUT2D eigenvalue weighted by atomic mass is 10.0. The number of nitrogens with two attached hydrogens (primary N) is 1. The summed E-state index contributed by atoms with van der Waals surface area (Å²) < 4.78 is 0. The Morgan fingerprint density at radius 2 is 1.63 bits per heavy atom. The first-order valence-electron chi connectivity index (χ1n) is 12.3.